The van der Waals surface area contributed by atoms with Crippen molar-refractivity contribution in [3.8, 4) is 5.75 Å². The summed E-state index contributed by atoms with van der Waals surface area (Å²) < 4.78 is 10.9. The Morgan fingerprint density at radius 1 is 1.36 bits per heavy atom. The first-order chi connectivity index (χ1) is 10.4. The first kappa shape index (κ1) is 17.5. The first-order valence-corrected chi connectivity index (χ1v) is 8.04. The molecule has 1 aromatic rings. The van der Waals surface area contributed by atoms with Gasteiger partial charge in [0.05, 0.1) is 20.3 Å². The number of hydrogen-bond donors (Lipinski definition) is 2. The van der Waals surface area contributed by atoms with Gasteiger partial charge in [0.2, 0.25) is 0 Å². The van der Waals surface area contributed by atoms with Gasteiger partial charge in [0.1, 0.15) is 5.75 Å². The van der Waals surface area contributed by atoms with Gasteiger partial charge >= 0.3 is 0 Å². The second-order valence-electron chi connectivity index (χ2n) is 6.07. The number of ether oxygens (including phenoxy) is 2. The molecule has 0 aromatic heterocycles. The summed E-state index contributed by atoms with van der Waals surface area (Å²) in [5.74, 6) is 1.62. The highest BCUT2D eigenvalue weighted by molar-refractivity contribution is 5.85. The molecule has 0 amide bonds. The monoisotopic (exact) mass is 326 g/mol. The molecule has 3 unspecified atom stereocenters. The Hall–Kier alpha value is -0.810. The highest BCUT2D eigenvalue weighted by Crippen LogP contribution is 2.29. The fraction of sp³-hybridized carbons (Fsp3) is 0.647. The average molecular weight is 327 g/mol. The smallest absolute Gasteiger partial charge is 0.119 e. The van der Waals surface area contributed by atoms with Gasteiger partial charge < -0.3 is 20.1 Å². The Labute approximate surface area is 139 Å². The topological polar surface area (TPSA) is 42.5 Å². The van der Waals surface area contributed by atoms with E-state index in [0.29, 0.717) is 18.0 Å². The van der Waals surface area contributed by atoms with Crippen LogP contribution in [0.15, 0.2) is 24.3 Å². The normalized spacial score (nSPS) is 28.1. The Morgan fingerprint density at radius 2 is 2.27 bits per heavy atom. The van der Waals surface area contributed by atoms with Crippen molar-refractivity contribution < 1.29 is 9.47 Å². The van der Waals surface area contributed by atoms with Gasteiger partial charge in [0.25, 0.3) is 0 Å². The molecule has 0 radical (unpaired) electrons. The number of rotatable bonds is 5. The zero-order chi connectivity index (χ0) is 14.5. The van der Waals surface area contributed by atoms with E-state index in [2.05, 4.69) is 28.8 Å². The summed E-state index contributed by atoms with van der Waals surface area (Å²) in [5.41, 5.74) is 1.29. The molecule has 1 aliphatic carbocycles. The lowest BCUT2D eigenvalue weighted by Gasteiger charge is -2.33. The van der Waals surface area contributed by atoms with E-state index in [1.54, 1.807) is 7.11 Å². The first-order valence-electron chi connectivity index (χ1n) is 8.04. The molecule has 5 heteroatoms. The van der Waals surface area contributed by atoms with Crippen LogP contribution in [0.5, 0.6) is 5.75 Å². The molecule has 2 N–H and O–H groups in total. The maximum atomic E-state index is 5.63. The van der Waals surface area contributed by atoms with Crippen molar-refractivity contribution in [2.24, 2.45) is 5.92 Å². The predicted molar refractivity (Wildman–Crippen MR) is 90.8 cm³/mol. The van der Waals surface area contributed by atoms with E-state index < -0.39 is 0 Å². The van der Waals surface area contributed by atoms with Crippen molar-refractivity contribution in [3.05, 3.63) is 29.8 Å². The standard InChI is InChI=1S/C17H26N2O2.ClH/c1-20-14-5-2-4-13(10-14)11-19-16-7-3-6-15(16)17-12-21-9-8-18-17;/h2,4-5,10,15-19H,3,6-9,11-12H2,1H3;1H. The summed E-state index contributed by atoms with van der Waals surface area (Å²) in [6.45, 7) is 3.61. The molecule has 0 spiro atoms. The molecule has 1 saturated heterocycles. The summed E-state index contributed by atoms with van der Waals surface area (Å²) in [4.78, 5) is 0. The molecular formula is C17H27ClN2O2. The van der Waals surface area contributed by atoms with E-state index in [9.17, 15) is 0 Å². The van der Waals surface area contributed by atoms with Crippen molar-refractivity contribution in [3.63, 3.8) is 0 Å². The van der Waals surface area contributed by atoms with Crippen LogP contribution in [0.2, 0.25) is 0 Å². The van der Waals surface area contributed by atoms with Crippen LogP contribution in [0, 0.1) is 5.92 Å². The van der Waals surface area contributed by atoms with E-state index >= 15 is 0 Å². The van der Waals surface area contributed by atoms with Crippen LogP contribution in [-0.4, -0.2) is 39.0 Å². The quantitative estimate of drug-likeness (QED) is 0.871. The summed E-state index contributed by atoms with van der Waals surface area (Å²) in [5, 5.41) is 7.37. The minimum Gasteiger partial charge on any atom is -0.497 e. The lowest BCUT2D eigenvalue weighted by Crippen LogP contribution is -2.50. The van der Waals surface area contributed by atoms with Crippen molar-refractivity contribution in [1.29, 1.82) is 0 Å². The van der Waals surface area contributed by atoms with E-state index in [-0.39, 0.29) is 12.4 Å². The Balaban J connectivity index is 0.00000176. The van der Waals surface area contributed by atoms with E-state index in [0.717, 1.165) is 32.1 Å². The summed E-state index contributed by atoms with van der Waals surface area (Å²) in [6, 6.07) is 9.42. The lowest BCUT2D eigenvalue weighted by molar-refractivity contribution is 0.0524. The molecule has 124 valence electrons. The molecule has 2 aliphatic rings. The van der Waals surface area contributed by atoms with E-state index in [1.807, 2.05) is 6.07 Å². The van der Waals surface area contributed by atoms with Crippen LogP contribution in [0.25, 0.3) is 0 Å². The van der Waals surface area contributed by atoms with Gasteiger partial charge in [-0.25, -0.2) is 0 Å². The van der Waals surface area contributed by atoms with Crippen molar-refractivity contribution in [2.75, 3.05) is 26.9 Å². The molecule has 22 heavy (non-hydrogen) atoms. The fourth-order valence-electron chi connectivity index (χ4n) is 3.62. The fourth-order valence-corrected chi connectivity index (χ4v) is 3.62. The van der Waals surface area contributed by atoms with Crippen molar-refractivity contribution in [1.82, 2.24) is 10.6 Å². The maximum absolute atomic E-state index is 5.63. The van der Waals surface area contributed by atoms with Crippen LogP contribution in [0.3, 0.4) is 0 Å². The molecule has 2 fully saturated rings. The lowest BCUT2D eigenvalue weighted by atomic mass is 9.94. The molecular weight excluding hydrogens is 300 g/mol. The molecule has 1 heterocycles. The van der Waals surface area contributed by atoms with Crippen LogP contribution < -0.4 is 15.4 Å². The number of nitrogens with one attached hydrogen (secondary N) is 2. The second-order valence-corrected chi connectivity index (χ2v) is 6.07. The average Bonchev–Trinajstić information content (AvgIpc) is 3.02. The zero-order valence-corrected chi connectivity index (χ0v) is 14.0. The van der Waals surface area contributed by atoms with Crippen molar-refractivity contribution in [2.45, 2.75) is 37.9 Å². The molecule has 4 nitrogen and oxygen atoms in total. The van der Waals surface area contributed by atoms with E-state index in [4.69, 9.17) is 9.47 Å². The van der Waals surface area contributed by atoms with Gasteiger partial charge in [0.15, 0.2) is 0 Å². The summed E-state index contributed by atoms with van der Waals surface area (Å²) >= 11 is 0. The number of benzene rings is 1. The minimum absolute atomic E-state index is 0. The molecule has 1 aliphatic heterocycles. The Kier molecular flexibility index (Phi) is 6.96. The number of hydrogen-bond acceptors (Lipinski definition) is 4. The number of methoxy groups -OCH3 is 1. The van der Waals surface area contributed by atoms with E-state index in [1.165, 1.54) is 24.8 Å². The summed E-state index contributed by atoms with van der Waals surface area (Å²) in [7, 11) is 1.72. The van der Waals surface area contributed by atoms with Crippen LogP contribution in [0.1, 0.15) is 24.8 Å². The summed E-state index contributed by atoms with van der Waals surface area (Å²) in [6.07, 6.45) is 3.89. The van der Waals surface area contributed by atoms with Crippen LogP contribution >= 0.6 is 12.4 Å². The highest BCUT2D eigenvalue weighted by Gasteiger charge is 2.34. The van der Waals surface area contributed by atoms with Gasteiger partial charge in [-0.2, -0.15) is 0 Å². The third kappa shape index (κ3) is 4.35. The minimum atomic E-state index is 0. The molecule has 3 rings (SSSR count). The second kappa shape index (κ2) is 8.73. The predicted octanol–water partition coefficient (Wildman–Crippen LogP) is 2.36. The van der Waals surface area contributed by atoms with Gasteiger partial charge in [-0.3, -0.25) is 0 Å². The molecule has 3 atom stereocenters. The van der Waals surface area contributed by atoms with Gasteiger partial charge in [-0.15, -0.1) is 12.4 Å². The third-order valence-electron chi connectivity index (χ3n) is 4.74. The van der Waals surface area contributed by atoms with Gasteiger partial charge in [-0.1, -0.05) is 18.6 Å². The third-order valence-corrected chi connectivity index (χ3v) is 4.74. The number of morpholine rings is 1. The van der Waals surface area contributed by atoms with Crippen molar-refractivity contribution >= 4 is 12.4 Å². The largest absolute Gasteiger partial charge is 0.497 e. The molecule has 1 saturated carbocycles. The van der Waals surface area contributed by atoms with Gasteiger partial charge in [0, 0.05) is 25.2 Å². The molecule has 1 aromatic carbocycles. The SMILES string of the molecule is COc1cccc(CNC2CCCC2C2COCCN2)c1.Cl. The number of halogens is 1. The molecule has 0 bridgehead atoms. The van der Waals surface area contributed by atoms with Gasteiger partial charge in [-0.05, 0) is 36.5 Å². The van der Waals surface area contributed by atoms with Crippen LogP contribution in [-0.2, 0) is 11.3 Å². The Morgan fingerprint density at radius 3 is 3.05 bits per heavy atom. The van der Waals surface area contributed by atoms with Crippen LogP contribution in [0.4, 0.5) is 0 Å². The maximum Gasteiger partial charge on any atom is 0.119 e. The zero-order valence-electron chi connectivity index (χ0n) is 13.2. The highest BCUT2D eigenvalue weighted by atomic mass is 35.5. The Bertz CT molecular complexity index is 452.